The Morgan fingerprint density at radius 1 is 1.50 bits per heavy atom. The highest BCUT2D eigenvalue weighted by atomic mass is 32.2. The Morgan fingerprint density at radius 2 is 2.19 bits per heavy atom. The topological polar surface area (TPSA) is 37.4 Å². The summed E-state index contributed by atoms with van der Waals surface area (Å²) in [5.41, 5.74) is 0. The van der Waals surface area contributed by atoms with E-state index in [4.69, 9.17) is 0 Å². The van der Waals surface area contributed by atoms with Crippen LogP contribution in [0.2, 0.25) is 0 Å². The smallest absolute Gasteiger partial charge is 0.206 e. The van der Waals surface area contributed by atoms with Gasteiger partial charge in [-0.25, -0.2) is 8.42 Å². The van der Waals surface area contributed by atoms with Crippen molar-refractivity contribution in [3.8, 4) is 0 Å². The van der Waals surface area contributed by atoms with Crippen molar-refractivity contribution in [2.24, 2.45) is 5.92 Å². The van der Waals surface area contributed by atoms with E-state index in [1.165, 1.54) is 11.3 Å². The average molecular weight is 259 g/mol. The fourth-order valence-electron chi connectivity index (χ4n) is 1.69. The summed E-state index contributed by atoms with van der Waals surface area (Å²) in [5, 5.41) is 1.81. The minimum absolute atomic E-state index is 0.245. The molecule has 0 saturated heterocycles. The van der Waals surface area contributed by atoms with Crippen LogP contribution in [0.1, 0.15) is 26.7 Å². The molecule has 90 valence electrons. The molecular formula is C11H17NO2S2. The first kappa shape index (κ1) is 12.1. The SMILES string of the molecule is CC(C)CN(C1CC1)S(=O)(=O)c1cccs1. The van der Waals surface area contributed by atoms with E-state index < -0.39 is 10.0 Å². The van der Waals surface area contributed by atoms with Crippen LogP contribution in [-0.4, -0.2) is 25.3 Å². The Labute approximate surface area is 101 Å². The van der Waals surface area contributed by atoms with Crippen LogP contribution in [-0.2, 0) is 10.0 Å². The van der Waals surface area contributed by atoms with Gasteiger partial charge in [-0.15, -0.1) is 11.3 Å². The first-order chi connectivity index (χ1) is 7.51. The van der Waals surface area contributed by atoms with Crippen LogP contribution in [0, 0.1) is 5.92 Å². The largest absolute Gasteiger partial charge is 0.252 e. The molecule has 1 aromatic heterocycles. The quantitative estimate of drug-likeness (QED) is 0.815. The summed E-state index contributed by atoms with van der Waals surface area (Å²) < 4.78 is 26.8. The predicted molar refractivity (Wildman–Crippen MR) is 66.1 cm³/mol. The molecule has 0 aliphatic heterocycles. The molecule has 5 heteroatoms. The van der Waals surface area contributed by atoms with Crippen molar-refractivity contribution in [2.75, 3.05) is 6.54 Å². The van der Waals surface area contributed by atoms with E-state index in [2.05, 4.69) is 13.8 Å². The van der Waals surface area contributed by atoms with Crippen molar-refractivity contribution in [2.45, 2.75) is 36.9 Å². The van der Waals surface area contributed by atoms with Gasteiger partial charge in [0.25, 0.3) is 10.0 Å². The van der Waals surface area contributed by atoms with E-state index in [1.54, 1.807) is 16.4 Å². The van der Waals surface area contributed by atoms with Gasteiger partial charge in [-0.05, 0) is 30.2 Å². The number of hydrogen-bond donors (Lipinski definition) is 0. The van der Waals surface area contributed by atoms with Crippen LogP contribution >= 0.6 is 11.3 Å². The molecule has 0 spiro atoms. The van der Waals surface area contributed by atoms with Gasteiger partial charge < -0.3 is 0 Å². The molecule has 0 N–H and O–H groups in total. The summed E-state index contributed by atoms with van der Waals surface area (Å²) in [4.78, 5) is 0. The van der Waals surface area contributed by atoms with Crippen molar-refractivity contribution < 1.29 is 8.42 Å². The highest BCUT2D eigenvalue weighted by Crippen LogP contribution is 2.33. The molecule has 1 aliphatic carbocycles. The molecule has 2 rings (SSSR count). The van der Waals surface area contributed by atoms with Crippen LogP contribution in [0.3, 0.4) is 0 Å². The van der Waals surface area contributed by atoms with Gasteiger partial charge in [0, 0.05) is 12.6 Å². The van der Waals surface area contributed by atoms with Crippen molar-refractivity contribution >= 4 is 21.4 Å². The molecule has 1 saturated carbocycles. The molecule has 1 aromatic rings. The Hall–Kier alpha value is -0.390. The maximum absolute atomic E-state index is 12.3. The molecule has 16 heavy (non-hydrogen) atoms. The van der Waals surface area contributed by atoms with E-state index in [0.29, 0.717) is 16.7 Å². The lowest BCUT2D eigenvalue weighted by Crippen LogP contribution is -2.35. The van der Waals surface area contributed by atoms with Gasteiger partial charge in [-0.1, -0.05) is 19.9 Å². The third-order valence-corrected chi connectivity index (χ3v) is 5.85. The van der Waals surface area contributed by atoms with E-state index in [1.807, 2.05) is 5.38 Å². The minimum atomic E-state index is -3.24. The summed E-state index contributed by atoms with van der Waals surface area (Å²) in [5.74, 6) is 0.371. The average Bonchev–Trinajstić information content (AvgIpc) is 2.86. The molecule has 1 aliphatic rings. The lowest BCUT2D eigenvalue weighted by molar-refractivity contribution is 0.361. The predicted octanol–water partition coefficient (Wildman–Crippen LogP) is 2.56. The highest BCUT2D eigenvalue weighted by molar-refractivity contribution is 7.91. The third kappa shape index (κ3) is 2.47. The second kappa shape index (κ2) is 4.47. The Bertz CT molecular complexity index is 433. The Morgan fingerprint density at radius 3 is 2.62 bits per heavy atom. The maximum atomic E-state index is 12.3. The lowest BCUT2D eigenvalue weighted by atomic mass is 10.2. The molecule has 0 radical (unpaired) electrons. The normalized spacial score (nSPS) is 17.2. The number of sulfonamides is 1. The first-order valence-electron chi connectivity index (χ1n) is 5.57. The van der Waals surface area contributed by atoms with Crippen LogP contribution in [0.5, 0.6) is 0 Å². The molecule has 3 nitrogen and oxygen atoms in total. The summed E-state index contributed by atoms with van der Waals surface area (Å²) in [6.45, 7) is 4.74. The summed E-state index contributed by atoms with van der Waals surface area (Å²) in [6, 6.07) is 3.72. The molecule has 0 unspecified atom stereocenters. The number of hydrogen-bond acceptors (Lipinski definition) is 3. The van der Waals surface area contributed by atoms with Gasteiger partial charge in [0.05, 0.1) is 0 Å². The molecule has 1 fully saturated rings. The van der Waals surface area contributed by atoms with Crippen molar-refractivity contribution in [3.63, 3.8) is 0 Å². The van der Waals surface area contributed by atoms with Crippen molar-refractivity contribution in [1.82, 2.24) is 4.31 Å². The summed E-state index contributed by atoms with van der Waals surface area (Å²) in [7, 11) is -3.24. The molecule has 0 atom stereocenters. The molecule has 0 bridgehead atoms. The Balaban J connectivity index is 2.25. The fourth-order valence-corrected chi connectivity index (χ4v) is 4.66. The van der Waals surface area contributed by atoms with Gasteiger partial charge in [0.15, 0.2) is 0 Å². The van der Waals surface area contributed by atoms with E-state index in [9.17, 15) is 8.42 Å². The van der Waals surface area contributed by atoms with E-state index >= 15 is 0 Å². The standard InChI is InChI=1S/C11H17NO2S2/c1-9(2)8-12(10-5-6-10)16(13,14)11-4-3-7-15-11/h3-4,7,9-10H,5-6,8H2,1-2H3. The maximum Gasteiger partial charge on any atom is 0.252 e. The molecule has 0 aromatic carbocycles. The van der Waals surface area contributed by atoms with Gasteiger partial charge in [-0.2, -0.15) is 4.31 Å². The van der Waals surface area contributed by atoms with E-state index in [0.717, 1.165) is 12.8 Å². The summed E-state index contributed by atoms with van der Waals surface area (Å²) >= 11 is 1.30. The zero-order chi connectivity index (χ0) is 11.8. The third-order valence-electron chi connectivity index (χ3n) is 2.56. The zero-order valence-corrected chi connectivity index (χ0v) is 11.2. The highest BCUT2D eigenvalue weighted by Gasteiger charge is 2.38. The monoisotopic (exact) mass is 259 g/mol. The Kier molecular flexibility index (Phi) is 3.37. The second-order valence-corrected chi connectivity index (χ2v) is 7.70. The van der Waals surface area contributed by atoms with Crippen LogP contribution < -0.4 is 0 Å². The minimum Gasteiger partial charge on any atom is -0.206 e. The van der Waals surface area contributed by atoms with Crippen LogP contribution in [0.15, 0.2) is 21.7 Å². The lowest BCUT2D eigenvalue weighted by Gasteiger charge is -2.22. The van der Waals surface area contributed by atoms with Crippen molar-refractivity contribution in [3.05, 3.63) is 17.5 Å². The molecule has 1 heterocycles. The van der Waals surface area contributed by atoms with Gasteiger partial charge in [-0.3, -0.25) is 0 Å². The fraction of sp³-hybridized carbons (Fsp3) is 0.636. The number of thiophene rings is 1. The number of rotatable bonds is 5. The zero-order valence-electron chi connectivity index (χ0n) is 9.59. The van der Waals surface area contributed by atoms with Crippen LogP contribution in [0.25, 0.3) is 0 Å². The number of nitrogens with zero attached hydrogens (tertiary/aromatic N) is 1. The van der Waals surface area contributed by atoms with E-state index in [-0.39, 0.29) is 6.04 Å². The van der Waals surface area contributed by atoms with Crippen LogP contribution in [0.4, 0.5) is 0 Å². The summed E-state index contributed by atoms with van der Waals surface area (Å²) in [6.07, 6.45) is 2.02. The molecule has 0 amide bonds. The molecular weight excluding hydrogens is 242 g/mol. The van der Waals surface area contributed by atoms with Gasteiger partial charge in [0.1, 0.15) is 4.21 Å². The second-order valence-electron chi connectivity index (χ2n) is 4.63. The van der Waals surface area contributed by atoms with Gasteiger partial charge in [0.2, 0.25) is 0 Å². The van der Waals surface area contributed by atoms with Crippen molar-refractivity contribution in [1.29, 1.82) is 0 Å². The first-order valence-corrected chi connectivity index (χ1v) is 7.89. The van der Waals surface area contributed by atoms with Gasteiger partial charge >= 0.3 is 0 Å².